The van der Waals surface area contributed by atoms with Crippen molar-refractivity contribution in [3.8, 4) is 0 Å². The molecular formula is C25H27Cl2NO6. The second-order valence-corrected chi connectivity index (χ2v) is 8.87. The van der Waals surface area contributed by atoms with E-state index in [1.54, 1.807) is 55.5 Å². The normalized spacial score (nSPS) is 21.2. The molecule has 4 atom stereocenters. The molecule has 0 aromatic heterocycles. The lowest BCUT2D eigenvalue weighted by molar-refractivity contribution is -0.188. The number of morpholine rings is 1. The lowest BCUT2D eigenvalue weighted by atomic mass is 9.89. The van der Waals surface area contributed by atoms with Crippen LogP contribution in [0, 0.1) is 0 Å². The second kappa shape index (κ2) is 11.7. The molecule has 9 heteroatoms. The summed E-state index contributed by atoms with van der Waals surface area (Å²) in [6.07, 6.45) is -1.65. The average molecular weight is 508 g/mol. The Morgan fingerprint density at radius 3 is 2.38 bits per heavy atom. The summed E-state index contributed by atoms with van der Waals surface area (Å²) in [5.74, 6) is -2.30. The Labute approximate surface area is 208 Å². The number of nitrogens with zero attached hydrogens (tertiary/aromatic N) is 1. The van der Waals surface area contributed by atoms with Crippen LogP contribution in [0.3, 0.4) is 0 Å². The van der Waals surface area contributed by atoms with Crippen molar-refractivity contribution >= 4 is 41.0 Å². The number of ether oxygens (including phenoxy) is 2. The van der Waals surface area contributed by atoms with Crippen LogP contribution in [0.1, 0.15) is 56.4 Å². The van der Waals surface area contributed by atoms with Gasteiger partial charge in [0.1, 0.15) is 18.2 Å². The standard InChI is InChI=1S/C25H27Cl2NO6/c1-3-6-19(25(32)33-4-2)28-22(15-9-11-17(26)12-10-15)23(16-7-5-8-18(27)13-16)34-20(24(28)31)14-21(29)30/h5,7-13,19-20,22-23H,3-4,6,14H2,1-2H3,(H,29,30)/t19-,20-,22+,23-/m0/s1. The van der Waals surface area contributed by atoms with Crippen molar-refractivity contribution < 1.29 is 29.0 Å². The molecule has 0 radical (unpaired) electrons. The summed E-state index contributed by atoms with van der Waals surface area (Å²) in [5.41, 5.74) is 1.33. The lowest BCUT2D eigenvalue weighted by Gasteiger charge is -2.47. The van der Waals surface area contributed by atoms with Crippen LogP contribution in [0.25, 0.3) is 0 Å². The first-order valence-corrected chi connectivity index (χ1v) is 11.9. The van der Waals surface area contributed by atoms with E-state index in [4.69, 9.17) is 32.7 Å². The van der Waals surface area contributed by atoms with Crippen LogP contribution in [-0.2, 0) is 23.9 Å². The maximum absolute atomic E-state index is 13.7. The van der Waals surface area contributed by atoms with Crippen LogP contribution in [0.4, 0.5) is 0 Å². The van der Waals surface area contributed by atoms with Gasteiger partial charge in [-0.2, -0.15) is 0 Å². The summed E-state index contributed by atoms with van der Waals surface area (Å²) >= 11 is 12.4. The number of carbonyl (C=O) groups excluding carboxylic acids is 2. The van der Waals surface area contributed by atoms with Crippen molar-refractivity contribution in [1.82, 2.24) is 4.90 Å². The van der Waals surface area contributed by atoms with Crippen LogP contribution in [-0.4, -0.2) is 46.6 Å². The molecule has 1 heterocycles. The molecule has 1 saturated heterocycles. The van der Waals surface area contributed by atoms with Crippen molar-refractivity contribution in [2.24, 2.45) is 0 Å². The number of hydrogen-bond donors (Lipinski definition) is 1. The minimum Gasteiger partial charge on any atom is -0.481 e. The first-order chi connectivity index (χ1) is 16.3. The van der Waals surface area contributed by atoms with Gasteiger partial charge >= 0.3 is 11.9 Å². The highest BCUT2D eigenvalue weighted by Crippen LogP contribution is 2.44. The smallest absolute Gasteiger partial charge is 0.328 e. The molecule has 182 valence electrons. The number of esters is 1. The Bertz CT molecular complexity index is 1030. The van der Waals surface area contributed by atoms with Crippen LogP contribution in [0.2, 0.25) is 10.0 Å². The third-order valence-corrected chi connectivity index (χ3v) is 6.12. The first kappa shape index (κ1) is 26.0. The summed E-state index contributed by atoms with van der Waals surface area (Å²) in [6.45, 7) is 3.75. The minimum atomic E-state index is -1.28. The highest BCUT2D eigenvalue weighted by molar-refractivity contribution is 6.30. The zero-order chi connectivity index (χ0) is 24.8. The van der Waals surface area contributed by atoms with Gasteiger partial charge in [0.05, 0.1) is 19.1 Å². The monoisotopic (exact) mass is 507 g/mol. The van der Waals surface area contributed by atoms with Crippen molar-refractivity contribution in [3.63, 3.8) is 0 Å². The molecule has 1 aliphatic rings. The van der Waals surface area contributed by atoms with Gasteiger partial charge in [-0.15, -0.1) is 0 Å². The lowest BCUT2D eigenvalue weighted by Crippen LogP contribution is -2.57. The van der Waals surface area contributed by atoms with E-state index in [0.29, 0.717) is 34.0 Å². The van der Waals surface area contributed by atoms with Crippen LogP contribution < -0.4 is 0 Å². The molecule has 0 saturated carbocycles. The van der Waals surface area contributed by atoms with Crippen molar-refractivity contribution in [2.75, 3.05) is 6.61 Å². The zero-order valence-electron chi connectivity index (χ0n) is 18.9. The van der Waals surface area contributed by atoms with Gasteiger partial charge in [-0.3, -0.25) is 9.59 Å². The number of halogens is 2. The number of rotatable bonds is 9. The third-order valence-electron chi connectivity index (χ3n) is 5.63. The number of carboxylic acid groups (broad SMARTS) is 1. The van der Waals surface area contributed by atoms with Gasteiger partial charge in [0.15, 0.2) is 0 Å². The Balaban J connectivity index is 2.21. The van der Waals surface area contributed by atoms with E-state index in [0.717, 1.165) is 0 Å². The van der Waals surface area contributed by atoms with E-state index in [1.807, 2.05) is 6.92 Å². The van der Waals surface area contributed by atoms with Gasteiger partial charge in [-0.25, -0.2) is 4.79 Å². The van der Waals surface area contributed by atoms with Crippen LogP contribution in [0.15, 0.2) is 48.5 Å². The number of amides is 1. The van der Waals surface area contributed by atoms with Crippen molar-refractivity contribution in [3.05, 3.63) is 69.7 Å². The first-order valence-electron chi connectivity index (χ1n) is 11.1. The molecule has 3 rings (SSSR count). The van der Waals surface area contributed by atoms with Gasteiger partial charge < -0.3 is 19.5 Å². The minimum absolute atomic E-state index is 0.152. The molecule has 1 aliphatic heterocycles. The van der Waals surface area contributed by atoms with Crippen LogP contribution in [0.5, 0.6) is 0 Å². The molecule has 0 aliphatic carbocycles. The molecule has 34 heavy (non-hydrogen) atoms. The maximum atomic E-state index is 13.7. The predicted molar refractivity (Wildman–Crippen MR) is 128 cm³/mol. The van der Waals surface area contributed by atoms with Crippen molar-refractivity contribution in [1.29, 1.82) is 0 Å². The maximum Gasteiger partial charge on any atom is 0.328 e. The van der Waals surface area contributed by atoms with Gasteiger partial charge in [0.25, 0.3) is 5.91 Å². The van der Waals surface area contributed by atoms with E-state index >= 15 is 0 Å². The summed E-state index contributed by atoms with van der Waals surface area (Å²) in [4.78, 5) is 39.7. The Hall–Kier alpha value is -2.61. The predicted octanol–water partition coefficient (Wildman–Crippen LogP) is 5.21. The molecule has 0 bridgehead atoms. The number of aliphatic carboxylic acids is 1. The van der Waals surface area contributed by atoms with E-state index < -0.39 is 48.6 Å². The van der Waals surface area contributed by atoms with E-state index in [-0.39, 0.29) is 6.61 Å². The number of carboxylic acids is 1. The molecule has 0 spiro atoms. The topological polar surface area (TPSA) is 93.1 Å². The fourth-order valence-corrected chi connectivity index (χ4v) is 4.55. The summed E-state index contributed by atoms with van der Waals surface area (Å²) in [5, 5.41) is 10.4. The molecule has 7 nitrogen and oxygen atoms in total. The second-order valence-electron chi connectivity index (χ2n) is 8.00. The fourth-order valence-electron chi connectivity index (χ4n) is 4.22. The SMILES string of the molecule is CCC[C@@H](C(=O)OCC)N1C(=O)[C@H](CC(=O)O)O[C@@H](c2cccc(Cl)c2)[C@H]1c1ccc(Cl)cc1. The highest BCUT2D eigenvalue weighted by atomic mass is 35.5. The molecule has 1 amide bonds. The fraction of sp³-hybridized carbons (Fsp3) is 0.400. The molecule has 1 N–H and O–H groups in total. The molecule has 2 aromatic carbocycles. The largest absolute Gasteiger partial charge is 0.481 e. The molecule has 2 aromatic rings. The molecule has 0 unspecified atom stereocenters. The van der Waals surface area contributed by atoms with Crippen molar-refractivity contribution in [2.45, 2.75) is 57.4 Å². The van der Waals surface area contributed by atoms with Crippen LogP contribution >= 0.6 is 23.2 Å². The van der Waals surface area contributed by atoms with Gasteiger partial charge in [-0.05, 0) is 48.7 Å². The van der Waals surface area contributed by atoms with E-state index in [2.05, 4.69) is 0 Å². The third kappa shape index (κ3) is 5.90. The summed E-state index contributed by atoms with van der Waals surface area (Å²) in [7, 11) is 0. The summed E-state index contributed by atoms with van der Waals surface area (Å²) in [6, 6.07) is 12.2. The Morgan fingerprint density at radius 1 is 1.09 bits per heavy atom. The quantitative estimate of drug-likeness (QED) is 0.468. The Kier molecular flexibility index (Phi) is 8.94. The zero-order valence-corrected chi connectivity index (χ0v) is 20.5. The number of carbonyl (C=O) groups is 3. The number of hydrogen-bond acceptors (Lipinski definition) is 5. The van der Waals surface area contributed by atoms with E-state index in [1.165, 1.54) is 4.90 Å². The molecular weight excluding hydrogens is 481 g/mol. The summed E-state index contributed by atoms with van der Waals surface area (Å²) < 4.78 is 11.4. The van der Waals surface area contributed by atoms with Gasteiger partial charge in [0, 0.05) is 10.0 Å². The molecule has 1 fully saturated rings. The van der Waals surface area contributed by atoms with E-state index in [9.17, 15) is 19.5 Å². The number of benzene rings is 2. The van der Waals surface area contributed by atoms with Gasteiger partial charge in [-0.1, -0.05) is 60.8 Å². The van der Waals surface area contributed by atoms with Gasteiger partial charge in [0.2, 0.25) is 0 Å². The highest BCUT2D eigenvalue weighted by Gasteiger charge is 2.49. The Morgan fingerprint density at radius 2 is 1.79 bits per heavy atom. The average Bonchev–Trinajstić information content (AvgIpc) is 2.79.